The Kier molecular flexibility index (Phi) is 46.3. The zero-order chi connectivity index (χ0) is 28.8. The van der Waals surface area contributed by atoms with Crippen molar-refractivity contribution in [3.05, 3.63) is 81.1 Å². The third-order valence-electron chi connectivity index (χ3n) is 2.04. The van der Waals surface area contributed by atoms with Crippen LogP contribution in [0.25, 0.3) is 20.9 Å². The van der Waals surface area contributed by atoms with E-state index in [2.05, 4.69) is 30.0 Å². The normalized spacial score (nSPS) is 7.05. The van der Waals surface area contributed by atoms with Gasteiger partial charge in [-0.3, -0.25) is 9.97 Å². The van der Waals surface area contributed by atoms with Gasteiger partial charge in [0, 0.05) is 57.5 Å². The summed E-state index contributed by atoms with van der Waals surface area (Å²) in [6.45, 7) is 4.55. The third kappa shape index (κ3) is 76.9. The molecular weight excluding hydrogens is 607 g/mol. The summed E-state index contributed by atoms with van der Waals surface area (Å²) >= 11 is 0. The first-order valence-electron chi connectivity index (χ1n) is 9.31. The van der Waals surface area contributed by atoms with Crippen molar-refractivity contribution in [2.75, 3.05) is 0 Å². The van der Waals surface area contributed by atoms with Gasteiger partial charge in [0.15, 0.2) is 0 Å². The first-order valence-corrected chi connectivity index (χ1v) is 9.31. The Morgan fingerprint density at radius 3 is 1.05 bits per heavy atom. The van der Waals surface area contributed by atoms with Crippen LogP contribution >= 0.6 is 0 Å². The first-order chi connectivity index (χ1) is 16.8. The Morgan fingerprint density at radius 2 is 0.895 bits per heavy atom. The van der Waals surface area contributed by atoms with Gasteiger partial charge >= 0.3 is 34.1 Å². The van der Waals surface area contributed by atoms with Gasteiger partial charge in [-0.25, -0.2) is 0 Å². The van der Waals surface area contributed by atoms with Crippen LogP contribution < -0.4 is 20.4 Å². The Bertz CT molecular complexity index is 854. The number of hydrogen-bond donors (Lipinski definition) is 0. The summed E-state index contributed by atoms with van der Waals surface area (Å²) < 4.78 is 0. The largest absolute Gasteiger partial charge is 2.00 e. The van der Waals surface area contributed by atoms with Gasteiger partial charge in [0.2, 0.25) is 0 Å². The maximum Gasteiger partial charge on any atom is 2.00 e. The van der Waals surface area contributed by atoms with Gasteiger partial charge in [-0.2, -0.15) is 0 Å². The van der Waals surface area contributed by atoms with Gasteiger partial charge in [-0.15, -0.1) is 0 Å². The monoisotopic (exact) mass is 630 g/mol. The van der Waals surface area contributed by atoms with E-state index < -0.39 is 23.9 Å². The van der Waals surface area contributed by atoms with Gasteiger partial charge in [-0.05, 0) is 63.0 Å². The second kappa shape index (κ2) is 37.4. The van der Waals surface area contributed by atoms with Crippen molar-refractivity contribution in [2.24, 2.45) is 10.2 Å². The molecule has 0 amide bonds. The second-order valence-electron chi connectivity index (χ2n) is 5.39. The van der Waals surface area contributed by atoms with Gasteiger partial charge < -0.3 is 39.6 Å². The smallest absolute Gasteiger partial charge is 0.550 e. The zero-order valence-corrected chi connectivity index (χ0v) is 22.4. The number of nitrogens with zero attached hydrogens (tertiary/aromatic N) is 8. The Morgan fingerprint density at radius 1 is 0.658 bits per heavy atom. The molecule has 214 valence electrons. The van der Waals surface area contributed by atoms with Crippen LogP contribution in [0.5, 0.6) is 0 Å². The molecular formula is C20H24Cu2N8O8. The van der Waals surface area contributed by atoms with Crippen molar-refractivity contribution >= 4 is 23.9 Å². The molecule has 2 aromatic rings. The molecule has 2 heterocycles. The number of aromatic nitrogens is 2. The summed E-state index contributed by atoms with van der Waals surface area (Å²) in [6.07, 6.45) is 3.34. The minimum atomic E-state index is -1.08. The maximum absolute atomic E-state index is 8.89. The zero-order valence-electron chi connectivity index (χ0n) is 20.5. The molecule has 0 aliphatic carbocycles. The first kappa shape index (κ1) is 47.1. The van der Waals surface area contributed by atoms with Crippen molar-refractivity contribution < 1.29 is 73.7 Å². The minimum absolute atomic E-state index is 0. The second-order valence-corrected chi connectivity index (χ2v) is 5.39. The van der Waals surface area contributed by atoms with Crippen molar-refractivity contribution in [2.45, 2.75) is 40.8 Å². The van der Waals surface area contributed by atoms with E-state index in [1.165, 1.54) is 0 Å². The Labute approximate surface area is 239 Å². The molecule has 18 heteroatoms. The van der Waals surface area contributed by atoms with Crippen LogP contribution in [0.4, 0.5) is 0 Å². The van der Waals surface area contributed by atoms with Crippen molar-refractivity contribution in [3.63, 3.8) is 0 Å². The van der Waals surface area contributed by atoms with E-state index in [0.717, 1.165) is 39.1 Å². The summed E-state index contributed by atoms with van der Waals surface area (Å²) in [7, 11) is 0. The van der Waals surface area contributed by atoms with Crippen molar-refractivity contribution in [3.8, 4) is 0 Å². The quantitative estimate of drug-likeness (QED) is 0.168. The molecule has 0 aliphatic heterocycles. The fraction of sp³-hybridized carbons (Fsp3) is 0.300. The summed E-state index contributed by atoms with van der Waals surface area (Å²) in [5, 5.41) is 42.3. The number of carbonyl (C=O) groups is 4. The summed E-state index contributed by atoms with van der Waals surface area (Å²) in [6, 6.07) is 11.0. The molecule has 38 heavy (non-hydrogen) atoms. The van der Waals surface area contributed by atoms with Gasteiger partial charge in [0.05, 0.1) is 13.1 Å². The van der Waals surface area contributed by atoms with Crippen LogP contribution in [0.2, 0.25) is 0 Å². The predicted octanol–water partition coefficient (Wildman–Crippen LogP) is -1.20. The molecule has 0 aliphatic rings. The van der Waals surface area contributed by atoms with E-state index in [-0.39, 0.29) is 34.1 Å². The van der Waals surface area contributed by atoms with Crippen molar-refractivity contribution in [1.82, 2.24) is 9.97 Å². The SMILES string of the molecule is CC(=O)[O-].CC(=O)[O-].CC(=O)[O-].CC(=O)[O-].[Cu+2].[Cu+2].[N-]=[N+]=NCc1ccccn1.[N-]=[N+]=NCc1ccccn1. The van der Waals surface area contributed by atoms with Crippen LogP contribution in [0.3, 0.4) is 0 Å². The maximum atomic E-state index is 8.89. The molecule has 0 unspecified atom stereocenters. The number of hydrogen-bond acceptors (Lipinski definition) is 12. The van der Waals surface area contributed by atoms with Gasteiger partial charge in [0.25, 0.3) is 0 Å². The number of carbonyl (C=O) groups excluding carboxylic acids is 4. The van der Waals surface area contributed by atoms with Crippen LogP contribution in [-0.2, 0) is 66.4 Å². The molecule has 2 rings (SSSR count). The molecule has 0 N–H and O–H groups in total. The number of carboxylic acids is 4. The fourth-order valence-corrected chi connectivity index (χ4v) is 1.19. The molecule has 0 atom stereocenters. The number of aliphatic carboxylic acids is 4. The Balaban J connectivity index is -0.0000000854. The number of pyridine rings is 2. The van der Waals surface area contributed by atoms with E-state index in [1.54, 1.807) is 12.4 Å². The fourth-order valence-electron chi connectivity index (χ4n) is 1.19. The van der Waals surface area contributed by atoms with Gasteiger partial charge in [0.1, 0.15) is 0 Å². The van der Waals surface area contributed by atoms with E-state index in [9.17, 15) is 0 Å². The molecule has 0 bridgehead atoms. The van der Waals surface area contributed by atoms with E-state index in [0.29, 0.717) is 13.1 Å². The van der Waals surface area contributed by atoms with Crippen molar-refractivity contribution in [1.29, 1.82) is 0 Å². The van der Waals surface area contributed by atoms with E-state index in [4.69, 9.17) is 50.7 Å². The number of rotatable bonds is 4. The number of azide groups is 2. The van der Waals surface area contributed by atoms with Crippen LogP contribution in [-0.4, -0.2) is 33.8 Å². The molecule has 0 saturated carbocycles. The van der Waals surface area contributed by atoms with Gasteiger partial charge in [-0.1, -0.05) is 22.4 Å². The molecule has 0 aromatic carbocycles. The average Bonchev–Trinajstić information content (AvgIpc) is 2.77. The standard InChI is InChI=1S/2C6H6N4.4C2H4O2.2Cu/c2*7-10-9-5-6-3-1-2-4-8-6;4*1-2(3)4;;/h2*1-4H,5H2;4*1H3,(H,3,4);;/q;;;;;;2*+2/p-4. The molecule has 0 saturated heterocycles. The molecule has 0 spiro atoms. The average molecular weight is 632 g/mol. The van der Waals surface area contributed by atoms with E-state index in [1.807, 2.05) is 36.4 Å². The number of carboxylic acid groups (broad SMARTS) is 4. The Hall–Kier alpha value is -4.16. The summed E-state index contributed by atoms with van der Waals surface area (Å²) in [5.74, 6) is -4.33. The van der Waals surface area contributed by atoms with Crippen LogP contribution in [0.1, 0.15) is 39.1 Å². The van der Waals surface area contributed by atoms with E-state index >= 15 is 0 Å². The topological polar surface area (TPSA) is 284 Å². The molecule has 16 nitrogen and oxygen atoms in total. The van der Waals surface area contributed by atoms with Crippen LogP contribution in [0, 0.1) is 0 Å². The summed E-state index contributed by atoms with van der Waals surface area (Å²) in [5.41, 5.74) is 17.5. The van der Waals surface area contributed by atoms with Crippen LogP contribution in [0.15, 0.2) is 59.0 Å². The third-order valence-corrected chi connectivity index (χ3v) is 2.04. The molecule has 2 aromatic heterocycles. The minimum Gasteiger partial charge on any atom is -0.550 e. The predicted molar refractivity (Wildman–Crippen MR) is 117 cm³/mol. The summed E-state index contributed by atoms with van der Waals surface area (Å²) in [4.78, 5) is 48.7. The molecule has 2 radical (unpaired) electrons. The molecule has 0 fully saturated rings.